The molecule has 0 saturated carbocycles. The summed E-state index contributed by atoms with van der Waals surface area (Å²) in [5.74, 6) is -0.501. The van der Waals surface area contributed by atoms with Crippen LogP contribution in [0.5, 0.6) is 0 Å². The maximum Gasteiger partial charge on any atom is 0.178 e. The molecule has 30 heavy (non-hydrogen) atoms. The van der Waals surface area contributed by atoms with Gasteiger partial charge in [0.05, 0.1) is 25.9 Å². The van der Waals surface area contributed by atoms with E-state index in [1.54, 1.807) is 0 Å². The molecule has 2 rings (SSSR count). The van der Waals surface area contributed by atoms with Gasteiger partial charge in [-0.3, -0.25) is 0 Å². The van der Waals surface area contributed by atoms with Gasteiger partial charge in [0.15, 0.2) is 11.6 Å². The van der Waals surface area contributed by atoms with Crippen molar-refractivity contribution in [1.82, 2.24) is 0 Å². The van der Waals surface area contributed by atoms with E-state index in [0.717, 1.165) is 13.2 Å². The van der Waals surface area contributed by atoms with Gasteiger partial charge in [0, 0.05) is 34.1 Å². The van der Waals surface area contributed by atoms with Crippen molar-refractivity contribution >= 4 is 0 Å². The van der Waals surface area contributed by atoms with Crippen LogP contribution in [0.2, 0.25) is 0 Å². The van der Waals surface area contributed by atoms with Gasteiger partial charge in [-0.15, -0.1) is 0 Å². The molecule has 0 spiro atoms. The van der Waals surface area contributed by atoms with Crippen LogP contribution >= 0.6 is 0 Å². The van der Waals surface area contributed by atoms with E-state index in [1.165, 1.54) is 0 Å². The van der Waals surface area contributed by atoms with Gasteiger partial charge in [-0.25, -0.2) is 0 Å². The summed E-state index contributed by atoms with van der Waals surface area (Å²) in [5, 5.41) is 0. The average molecular weight is 430 g/mol. The fourth-order valence-electron chi connectivity index (χ4n) is 5.14. The Bertz CT molecular complexity index is 481. The molecule has 5 nitrogen and oxygen atoms in total. The zero-order valence-electron chi connectivity index (χ0n) is 22.2. The summed E-state index contributed by atoms with van der Waals surface area (Å²) >= 11 is 0. The van der Waals surface area contributed by atoms with Gasteiger partial charge in [0.1, 0.15) is 0 Å². The minimum atomic E-state index is -0.538. The van der Waals surface area contributed by atoms with Crippen molar-refractivity contribution in [1.29, 1.82) is 0 Å². The van der Waals surface area contributed by atoms with Crippen LogP contribution in [0, 0.1) is 27.6 Å². The first-order valence-electron chi connectivity index (χ1n) is 11.5. The topological polar surface area (TPSA) is 62.9 Å². The molecule has 0 amide bonds. The standard InChI is InChI=1S/C13H26O2.C12H25NO2/c1-10-8-14-13(15-9-10,11(2,3)4)12(5,6)7;1-10(2,3)12(11(4,5)6)14-8-9(7-13)15-12/h10H,8-9H2,1-7H3;9H,7-8,13H2,1-6H3. The molecule has 0 aliphatic carbocycles. The molecule has 2 fully saturated rings. The SMILES string of the molecule is CC(C)(C)C1(C(C)(C)C)OCC(CN)O1.CC1COC(C(C)(C)C)(C(C)(C)C)OC1. The van der Waals surface area contributed by atoms with Crippen LogP contribution in [0.25, 0.3) is 0 Å². The zero-order valence-corrected chi connectivity index (χ0v) is 22.2. The quantitative estimate of drug-likeness (QED) is 0.587. The lowest BCUT2D eigenvalue weighted by Crippen LogP contribution is -2.60. The molecule has 0 aromatic carbocycles. The highest BCUT2D eigenvalue weighted by molar-refractivity contribution is 4.98. The molecule has 2 heterocycles. The summed E-state index contributed by atoms with van der Waals surface area (Å²) < 4.78 is 24.2. The third kappa shape index (κ3) is 5.40. The lowest BCUT2D eigenvalue weighted by atomic mass is 9.70. The van der Waals surface area contributed by atoms with Gasteiger partial charge in [-0.05, 0) is 0 Å². The number of hydrogen-bond acceptors (Lipinski definition) is 5. The molecule has 0 aromatic rings. The number of hydrogen-bond donors (Lipinski definition) is 1. The third-order valence-electron chi connectivity index (χ3n) is 6.16. The molecule has 0 radical (unpaired) electrons. The second-order valence-electron chi connectivity index (χ2n) is 13.2. The van der Waals surface area contributed by atoms with Crippen LogP contribution in [0.15, 0.2) is 0 Å². The first-order chi connectivity index (χ1) is 13.2. The Morgan fingerprint density at radius 1 is 0.633 bits per heavy atom. The summed E-state index contributed by atoms with van der Waals surface area (Å²) in [6, 6.07) is 0. The van der Waals surface area contributed by atoms with Gasteiger partial charge < -0.3 is 24.7 Å². The Labute approximate surface area is 186 Å². The Hall–Kier alpha value is -0.200. The van der Waals surface area contributed by atoms with Gasteiger partial charge in [0.25, 0.3) is 0 Å². The van der Waals surface area contributed by atoms with Crippen molar-refractivity contribution in [2.24, 2.45) is 33.3 Å². The van der Waals surface area contributed by atoms with Gasteiger partial charge in [-0.1, -0.05) is 90.0 Å². The molecule has 0 bridgehead atoms. The van der Waals surface area contributed by atoms with Crippen LogP contribution in [-0.2, 0) is 18.9 Å². The number of nitrogens with two attached hydrogens (primary N) is 1. The molecule has 0 aromatic heterocycles. The van der Waals surface area contributed by atoms with Crippen molar-refractivity contribution in [3.05, 3.63) is 0 Å². The van der Waals surface area contributed by atoms with Crippen LogP contribution < -0.4 is 5.73 Å². The molecule has 2 aliphatic rings. The van der Waals surface area contributed by atoms with E-state index in [1.807, 2.05) is 0 Å². The maximum atomic E-state index is 6.08. The predicted molar refractivity (Wildman–Crippen MR) is 124 cm³/mol. The highest BCUT2D eigenvalue weighted by Gasteiger charge is 2.57. The monoisotopic (exact) mass is 429 g/mol. The van der Waals surface area contributed by atoms with Crippen LogP contribution in [0.1, 0.15) is 90.0 Å². The Balaban J connectivity index is 0.000000300. The van der Waals surface area contributed by atoms with Crippen molar-refractivity contribution in [3.63, 3.8) is 0 Å². The van der Waals surface area contributed by atoms with E-state index in [2.05, 4.69) is 90.0 Å². The Morgan fingerprint density at radius 2 is 0.967 bits per heavy atom. The first kappa shape index (κ1) is 27.8. The van der Waals surface area contributed by atoms with E-state index in [9.17, 15) is 0 Å². The van der Waals surface area contributed by atoms with Crippen molar-refractivity contribution in [2.45, 2.75) is 108 Å². The molecule has 2 N–H and O–H groups in total. The molecular weight excluding hydrogens is 378 g/mol. The van der Waals surface area contributed by atoms with E-state index in [0.29, 0.717) is 19.1 Å². The van der Waals surface area contributed by atoms with Crippen LogP contribution in [0.4, 0.5) is 0 Å². The molecule has 2 aliphatic heterocycles. The normalized spacial score (nSPS) is 25.6. The van der Waals surface area contributed by atoms with Crippen molar-refractivity contribution < 1.29 is 18.9 Å². The van der Waals surface area contributed by atoms with Gasteiger partial charge in [0.2, 0.25) is 0 Å². The highest BCUT2D eigenvalue weighted by atomic mass is 16.7. The number of ether oxygens (including phenoxy) is 4. The van der Waals surface area contributed by atoms with E-state index in [-0.39, 0.29) is 27.8 Å². The average Bonchev–Trinajstić information content (AvgIpc) is 2.99. The molecule has 2 saturated heterocycles. The highest BCUT2D eigenvalue weighted by Crippen LogP contribution is 2.51. The second-order valence-corrected chi connectivity index (χ2v) is 13.2. The Kier molecular flexibility index (Phi) is 8.33. The van der Waals surface area contributed by atoms with Crippen LogP contribution in [0.3, 0.4) is 0 Å². The molecule has 5 heteroatoms. The van der Waals surface area contributed by atoms with Crippen LogP contribution in [-0.4, -0.2) is 44.0 Å². The summed E-state index contributed by atoms with van der Waals surface area (Å²) in [4.78, 5) is 0. The summed E-state index contributed by atoms with van der Waals surface area (Å²) in [5.41, 5.74) is 5.50. The Morgan fingerprint density at radius 3 is 1.20 bits per heavy atom. The minimum Gasteiger partial charge on any atom is -0.349 e. The molecular formula is C25H51NO4. The van der Waals surface area contributed by atoms with E-state index < -0.39 is 11.6 Å². The third-order valence-corrected chi connectivity index (χ3v) is 6.16. The minimum absolute atomic E-state index is 0.00854. The summed E-state index contributed by atoms with van der Waals surface area (Å²) in [6.45, 7) is 30.9. The zero-order chi connectivity index (χ0) is 23.8. The lowest BCUT2D eigenvalue weighted by Gasteiger charge is -2.54. The molecule has 1 atom stereocenters. The smallest absolute Gasteiger partial charge is 0.178 e. The first-order valence-corrected chi connectivity index (χ1v) is 11.5. The fraction of sp³-hybridized carbons (Fsp3) is 1.00. The second kappa shape index (κ2) is 8.97. The van der Waals surface area contributed by atoms with Gasteiger partial charge >= 0.3 is 0 Å². The maximum absolute atomic E-state index is 6.08. The summed E-state index contributed by atoms with van der Waals surface area (Å²) in [6.07, 6.45) is 0.0310. The largest absolute Gasteiger partial charge is 0.349 e. The fourth-order valence-corrected chi connectivity index (χ4v) is 5.14. The van der Waals surface area contributed by atoms with Crippen molar-refractivity contribution in [3.8, 4) is 0 Å². The summed E-state index contributed by atoms with van der Waals surface area (Å²) in [7, 11) is 0. The molecule has 180 valence electrons. The van der Waals surface area contributed by atoms with Gasteiger partial charge in [-0.2, -0.15) is 0 Å². The number of rotatable bonds is 1. The molecule has 1 unspecified atom stereocenters. The van der Waals surface area contributed by atoms with Crippen molar-refractivity contribution in [2.75, 3.05) is 26.4 Å². The van der Waals surface area contributed by atoms with E-state index in [4.69, 9.17) is 24.7 Å². The van der Waals surface area contributed by atoms with E-state index >= 15 is 0 Å². The lowest BCUT2D eigenvalue weighted by molar-refractivity contribution is -0.367. The predicted octanol–water partition coefficient (Wildman–Crippen LogP) is 5.61.